The van der Waals surface area contributed by atoms with Gasteiger partial charge in [-0.2, -0.15) is 13.2 Å². The van der Waals surface area contributed by atoms with Gasteiger partial charge < -0.3 is 15.2 Å². The maximum Gasteiger partial charge on any atom is 0.416 e. The number of carboxylic acid groups (broad SMARTS) is 1. The van der Waals surface area contributed by atoms with Crippen LogP contribution in [0.2, 0.25) is 0 Å². The Hall–Kier alpha value is -4.33. The van der Waals surface area contributed by atoms with E-state index in [9.17, 15) is 22.8 Å². The number of fused-ring (bicyclic) bond motifs is 1. The Labute approximate surface area is 198 Å². The molecule has 1 amide bonds. The second-order valence-corrected chi connectivity index (χ2v) is 7.89. The second-order valence-electron chi connectivity index (χ2n) is 7.89. The van der Waals surface area contributed by atoms with E-state index in [1.54, 1.807) is 60.7 Å². The van der Waals surface area contributed by atoms with Crippen LogP contribution in [0.1, 0.15) is 27.0 Å². The summed E-state index contributed by atoms with van der Waals surface area (Å²) in [5.74, 6) is -0.518. The van der Waals surface area contributed by atoms with E-state index in [1.165, 1.54) is 12.1 Å². The first kappa shape index (κ1) is 23.8. The molecule has 0 heterocycles. The van der Waals surface area contributed by atoms with Crippen molar-refractivity contribution in [1.82, 2.24) is 5.32 Å². The molecule has 0 saturated carbocycles. The molecule has 0 aliphatic rings. The van der Waals surface area contributed by atoms with E-state index in [1.807, 2.05) is 0 Å². The van der Waals surface area contributed by atoms with Gasteiger partial charge in [-0.15, -0.1) is 0 Å². The minimum Gasteiger partial charge on any atom is -0.481 e. The minimum absolute atomic E-state index is 0.0939. The van der Waals surface area contributed by atoms with Gasteiger partial charge in [0.2, 0.25) is 0 Å². The van der Waals surface area contributed by atoms with E-state index < -0.39 is 17.7 Å². The molecule has 8 heteroatoms. The lowest BCUT2D eigenvalue weighted by Crippen LogP contribution is -2.22. The van der Waals surface area contributed by atoms with Crippen molar-refractivity contribution in [2.75, 3.05) is 0 Å². The summed E-state index contributed by atoms with van der Waals surface area (Å²) in [6.07, 6.45) is -4.51. The van der Waals surface area contributed by atoms with E-state index >= 15 is 0 Å². The Morgan fingerprint density at radius 1 is 0.857 bits per heavy atom. The summed E-state index contributed by atoms with van der Waals surface area (Å²) in [7, 11) is 0. The molecule has 0 aliphatic carbocycles. The molecule has 0 radical (unpaired) electrons. The summed E-state index contributed by atoms with van der Waals surface area (Å²) in [5.41, 5.74) is 1.10. The van der Waals surface area contributed by atoms with E-state index in [-0.39, 0.29) is 24.6 Å². The molecule has 0 unspecified atom stereocenters. The lowest BCUT2D eigenvalue weighted by molar-refractivity contribution is -0.138. The molecule has 0 aromatic heterocycles. The normalized spacial score (nSPS) is 11.3. The number of carbonyl (C=O) groups is 2. The van der Waals surface area contributed by atoms with Crippen LogP contribution in [0.3, 0.4) is 0 Å². The molecule has 2 N–H and O–H groups in total. The third-order valence-electron chi connectivity index (χ3n) is 5.31. The van der Waals surface area contributed by atoms with Crippen LogP contribution < -0.4 is 10.1 Å². The number of rotatable bonds is 7. The molecule has 178 valence electrons. The van der Waals surface area contributed by atoms with Crippen molar-refractivity contribution in [2.24, 2.45) is 0 Å². The molecule has 0 aliphatic heterocycles. The van der Waals surface area contributed by atoms with E-state index in [2.05, 4.69) is 5.32 Å². The number of amides is 1. The number of aliphatic carboxylic acids is 1. The minimum atomic E-state index is -4.42. The monoisotopic (exact) mass is 479 g/mol. The molecule has 0 spiro atoms. The molecular weight excluding hydrogens is 459 g/mol. The number of carbonyl (C=O) groups excluding carboxylic acids is 1. The zero-order valence-electron chi connectivity index (χ0n) is 18.3. The molecule has 35 heavy (non-hydrogen) atoms. The standard InChI is InChI=1S/C27H20F3NO4/c28-27(29,30)21-8-10-22(11-9-21)35-24-6-2-5-19-15-20(7-12-23(19)24)26(34)31-16-18-4-1-3-17(13-18)14-25(32)33/h1-13,15H,14,16H2,(H,31,34)(H,32,33). The predicted octanol–water partition coefficient (Wildman–Crippen LogP) is 6.21. The van der Waals surface area contributed by atoms with Crippen molar-refractivity contribution in [1.29, 1.82) is 0 Å². The van der Waals surface area contributed by atoms with E-state index in [0.717, 1.165) is 23.1 Å². The van der Waals surface area contributed by atoms with Gasteiger partial charge in [0, 0.05) is 17.5 Å². The van der Waals surface area contributed by atoms with Crippen LogP contribution in [0.15, 0.2) is 84.9 Å². The van der Waals surface area contributed by atoms with Gasteiger partial charge >= 0.3 is 12.1 Å². The number of nitrogens with one attached hydrogen (secondary N) is 1. The first-order valence-electron chi connectivity index (χ1n) is 10.6. The third kappa shape index (κ3) is 5.97. The Balaban J connectivity index is 1.47. The van der Waals surface area contributed by atoms with Gasteiger partial charge in [0.1, 0.15) is 11.5 Å². The van der Waals surface area contributed by atoms with Crippen molar-refractivity contribution in [3.8, 4) is 11.5 Å². The lowest BCUT2D eigenvalue weighted by atomic mass is 10.1. The van der Waals surface area contributed by atoms with E-state index in [4.69, 9.17) is 9.84 Å². The van der Waals surface area contributed by atoms with Crippen molar-refractivity contribution in [3.05, 3.63) is 107 Å². The first-order chi connectivity index (χ1) is 16.7. The maximum absolute atomic E-state index is 12.8. The molecule has 0 saturated heterocycles. The van der Waals surface area contributed by atoms with Crippen molar-refractivity contribution in [2.45, 2.75) is 19.1 Å². The topological polar surface area (TPSA) is 75.6 Å². The van der Waals surface area contributed by atoms with Crippen LogP contribution >= 0.6 is 0 Å². The fraction of sp³-hybridized carbons (Fsp3) is 0.111. The highest BCUT2D eigenvalue weighted by Gasteiger charge is 2.30. The van der Waals surface area contributed by atoms with Crippen molar-refractivity contribution < 1.29 is 32.6 Å². The lowest BCUT2D eigenvalue weighted by Gasteiger charge is -2.12. The Morgan fingerprint density at radius 2 is 1.57 bits per heavy atom. The SMILES string of the molecule is O=C(O)Cc1cccc(CNC(=O)c2ccc3c(Oc4ccc(C(F)(F)F)cc4)cccc3c2)c1. The Bertz CT molecular complexity index is 1380. The largest absolute Gasteiger partial charge is 0.481 e. The van der Waals surface area contributed by atoms with Gasteiger partial charge in [0.05, 0.1) is 12.0 Å². The second kappa shape index (κ2) is 9.89. The molecule has 0 bridgehead atoms. The van der Waals surface area contributed by atoms with Gasteiger partial charge in [0.15, 0.2) is 0 Å². The summed E-state index contributed by atoms with van der Waals surface area (Å²) >= 11 is 0. The zero-order chi connectivity index (χ0) is 25.0. The number of hydrogen-bond donors (Lipinski definition) is 2. The average molecular weight is 479 g/mol. The van der Waals surface area contributed by atoms with Gasteiger partial charge in [-0.25, -0.2) is 0 Å². The fourth-order valence-electron chi connectivity index (χ4n) is 3.63. The summed E-state index contributed by atoms with van der Waals surface area (Å²) in [6.45, 7) is 0.238. The smallest absolute Gasteiger partial charge is 0.416 e. The summed E-state index contributed by atoms with van der Waals surface area (Å²) in [4.78, 5) is 23.6. The Kier molecular flexibility index (Phi) is 6.73. The molecule has 0 fully saturated rings. The quantitative estimate of drug-likeness (QED) is 0.331. The van der Waals surface area contributed by atoms with Crippen molar-refractivity contribution >= 4 is 22.6 Å². The predicted molar refractivity (Wildman–Crippen MR) is 124 cm³/mol. The van der Waals surface area contributed by atoms with Gasteiger partial charge in [-0.3, -0.25) is 9.59 Å². The number of ether oxygens (including phenoxy) is 1. The number of benzene rings is 4. The van der Waals surface area contributed by atoms with Crippen LogP contribution in [-0.2, 0) is 23.9 Å². The molecule has 4 aromatic rings. The number of hydrogen-bond acceptors (Lipinski definition) is 3. The maximum atomic E-state index is 12.8. The average Bonchev–Trinajstić information content (AvgIpc) is 2.82. The molecule has 5 nitrogen and oxygen atoms in total. The summed E-state index contributed by atoms with van der Waals surface area (Å²) in [6, 6.07) is 21.7. The van der Waals surface area contributed by atoms with Gasteiger partial charge in [-0.1, -0.05) is 36.4 Å². The number of alkyl halides is 3. The highest BCUT2D eigenvalue weighted by molar-refractivity contribution is 5.99. The third-order valence-corrected chi connectivity index (χ3v) is 5.31. The van der Waals surface area contributed by atoms with Crippen LogP contribution in [0.5, 0.6) is 11.5 Å². The van der Waals surface area contributed by atoms with Crippen LogP contribution in [-0.4, -0.2) is 17.0 Å². The van der Waals surface area contributed by atoms with Crippen molar-refractivity contribution in [3.63, 3.8) is 0 Å². The summed E-state index contributed by atoms with van der Waals surface area (Å²) in [5, 5.41) is 13.2. The molecule has 0 atom stereocenters. The van der Waals surface area contributed by atoms with E-state index in [0.29, 0.717) is 22.3 Å². The number of halogens is 3. The van der Waals surface area contributed by atoms with Crippen LogP contribution in [0, 0.1) is 0 Å². The highest BCUT2D eigenvalue weighted by atomic mass is 19.4. The summed E-state index contributed by atoms with van der Waals surface area (Å²) < 4.78 is 44.1. The van der Waals surface area contributed by atoms with Crippen LogP contribution in [0.25, 0.3) is 10.8 Å². The van der Waals surface area contributed by atoms with Crippen LogP contribution in [0.4, 0.5) is 13.2 Å². The van der Waals surface area contributed by atoms with Gasteiger partial charge in [0.25, 0.3) is 5.91 Å². The van der Waals surface area contributed by atoms with Gasteiger partial charge in [-0.05, 0) is 65.0 Å². The highest BCUT2D eigenvalue weighted by Crippen LogP contribution is 2.33. The fourth-order valence-corrected chi connectivity index (χ4v) is 3.63. The molecular formula is C27H20F3NO4. The molecule has 4 aromatic carbocycles. The zero-order valence-corrected chi connectivity index (χ0v) is 18.3. The Morgan fingerprint density at radius 3 is 2.29 bits per heavy atom. The molecule has 4 rings (SSSR count). The number of carboxylic acids is 1. The first-order valence-corrected chi connectivity index (χ1v) is 10.6.